The number of rotatable bonds is 11. The molecule has 1 unspecified atom stereocenters. The summed E-state index contributed by atoms with van der Waals surface area (Å²) >= 11 is 2.06. The molecule has 1 aromatic carbocycles. The maximum absolute atomic E-state index is 5.73. The molecule has 1 aliphatic heterocycles. The van der Waals surface area contributed by atoms with Crippen molar-refractivity contribution in [2.45, 2.75) is 44.3 Å². The highest BCUT2D eigenvalue weighted by atomic mass is 32.2. The van der Waals surface area contributed by atoms with Crippen molar-refractivity contribution in [2.24, 2.45) is 4.99 Å². The number of benzene rings is 1. The van der Waals surface area contributed by atoms with Crippen LogP contribution < -0.4 is 10.6 Å². The third kappa shape index (κ3) is 9.17. The maximum atomic E-state index is 5.73. The van der Waals surface area contributed by atoms with Crippen LogP contribution in [0, 0.1) is 0 Å². The molecule has 25 heavy (non-hydrogen) atoms. The van der Waals surface area contributed by atoms with Crippen molar-refractivity contribution in [3.63, 3.8) is 0 Å². The van der Waals surface area contributed by atoms with Gasteiger partial charge in [0.05, 0.1) is 13.2 Å². The zero-order valence-corrected chi connectivity index (χ0v) is 16.3. The predicted octanol–water partition coefficient (Wildman–Crippen LogP) is 3.48. The van der Waals surface area contributed by atoms with E-state index in [9.17, 15) is 0 Å². The van der Waals surface area contributed by atoms with Crippen LogP contribution in [-0.2, 0) is 11.2 Å². The fraction of sp³-hybridized carbons (Fsp3) is 0.650. The van der Waals surface area contributed by atoms with Crippen molar-refractivity contribution in [3.05, 3.63) is 35.9 Å². The highest BCUT2D eigenvalue weighted by Gasteiger charge is 2.14. The van der Waals surface area contributed by atoms with Crippen LogP contribution in [0.25, 0.3) is 0 Å². The summed E-state index contributed by atoms with van der Waals surface area (Å²) in [5.74, 6) is 2.26. The van der Waals surface area contributed by atoms with E-state index >= 15 is 0 Å². The Morgan fingerprint density at radius 1 is 1.20 bits per heavy atom. The maximum Gasteiger partial charge on any atom is 0.191 e. The minimum atomic E-state index is 0.716. The van der Waals surface area contributed by atoms with E-state index in [2.05, 4.69) is 59.7 Å². The van der Waals surface area contributed by atoms with Crippen LogP contribution in [0.3, 0.4) is 0 Å². The summed E-state index contributed by atoms with van der Waals surface area (Å²) in [7, 11) is 0. The number of nitrogens with one attached hydrogen (secondary N) is 2. The van der Waals surface area contributed by atoms with Crippen molar-refractivity contribution < 1.29 is 4.74 Å². The van der Waals surface area contributed by atoms with Gasteiger partial charge in [0.15, 0.2) is 5.96 Å². The number of nitrogens with zero attached hydrogens (tertiary/aromatic N) is 1. The van der Waals surface area contributed by atoms with Crippen molar-refractivity contribution in [2.75, 3.05) is 38.6 Å². The molecule has 2 rings (SSSR count). The third-order valence-corrected chi connectivity index (χ3v) is 5.59. The monoisotopic (exact) mass is 363 g/mol. The van der Waals surface area contributed by atoms with Gasteiger partial charge in [0.1, 0.15) is 0 Å². The summed E-state index contributed by atoms with van der Waals surface area (Å²) in [6.07, 6.45) is 5.84. The van der Waals surface area contributed by atoms with E-state index in [0.29, 0.717) is 5.25 Å². The Bertz CT molecular complexity index is 475. The van der Waals surface area contributed by atoms with Crippen LogP contribution in [0.15, 0.2) is 35.3 Å². The number of aliphatic imine (C=N–C) groups is 1. The van der Waals surface area contributed by atoms with Gasteiger partial charge < -0.3 is 15.4 Å². The first-order chi connectivity index (χ1) is 12.4. The predicted molar refractivity (Wildman–Crippen MR) is 110 cm³/mol. The topological polar surface area (TPSA) is 45.7 Å². The van der Waals surface area contributed by atoms with Gasteiger partial charge in [-0.2, -0.15) is 11.8 Å². The van der Waals surface area contributed by atoms with Gasteiger partial charge in [0.2, 0.25) is 0 Å². The minimum absolute atomic E-state index is 0.716. The Morgan fingerprint density at radius 3 is 2.84 bits per heavy atom. The Labute approximate surface area is 157 Å². The summed E-state index contributed by atoms with van der Waals surface area (Å²) < 4.78 is 5.73. The minimum Gasteiger partial charge on any atom is -0.381 e. The van der Waals surface area contributed by atoms with E-state index in [1.165, 1.54) is 24.2 Å². The van der Waals surface area contributed by atoms with Crippen molar-refractivity contribution in [1.29, 1.82) is 0 Å². The molecule has 0 spiro atoms. The number of ether oxygens (including phenoxy) is 1. The standard InChI is InChI=1S/C20H33N3OS/c1-2-21-20(23-17-19-11-8-16-25-19)22-13-6-7-14-24-15-12-18-9-4-3-5-10-18/h3-5,9-10,19H,2,6-8,11-17H2,1H3,(H2,21,22,23). The Morgan fingerprint density at radius 2 is 2.08 bits per heavy atom. The van der Waals surface area contributed by atoms with E-state index in [0.717, 1.165) is 58.1 Å². The van der Waals surface area contributed by atoms with Gasteiger partial charge in [0, 0.05) is 24.9 Å². The van der Waals surface area contributed by atoms with Crippen LogP contribution in [-0.4, -0.2) is 49.8 Å². The third-order valence-electron chi connectivity index (χ3n) is 4.21. The van der Waals surface area contributed by atoms with Gasteiger partial charge in [-0.15, -0.1) is 0 Å². The van der Waals surface area contributed by atoms with E-state index < -0.39 is 0 Å². The molecule has 1 heterocycles. The molecule has 4 nitrogen and oxygen atoms in total. The average Bonchev–Trinajstić information content (AvgIpc) is 3.16. The second kappa shape index (κ2) is 13.1. The number of hydrogen-bond acceptors (Lipinski definition) is 3. The number of thioether (sulfide) groups is 1. The summed E-state index contributed by atoms with van der Waals surface area (Å²) in [5.41, 5.74) is 1.34. The summed E-state index contributed by atoms with van der Waals surface area (Å²) in [6.45, 7) is 6.55. The Kier molecular flexibility index (Phi) is 10.5. The van der Waals surface area contributed by atoms with Gasteiger partial charge in [-0.25, -0.2) is 0 Å². The normalized spacial score (nSPS) is 17.6. The molecule has 2 N–H and O–H groups in total. The molecule has 0 aliphatic carbocycles. The first kappa shape index (κ1) is 20.1. The molecule has 1 atom stereocenters. The molecule has 0 saturated carbocycles. The molecule has 1 aliphatic rings. The lowest BCUT2D eigenvalue weighted by Gasteiger charge is -2.12. The van der Waals surface area contributed by atoms with Crippen LogP contribution in [0.2, 0.25) is 0 Å². The molecule has 1 saturated heterocycles. The molecule has 0 amide bonds. The smallest absolute Gasteiger partial charge is 0.191 e. The zero-order valence-electron chi connectivity index (χ0n) is 15.5. The van der Waals surface area contributed by atoms with E-state index in [4.69, 9.17) is 9.73 Å². The van der Waals surface area contributed by atoms with Crippen LogP contribution in [0.5, 0.6) is 0 Å². The summed E-state index contributed by atoms with van der Waals surface area (Å²) in [4.78, 5) is 4.72. The van der Waals surface area contributed by atoms with Gasteiger partial charge in [0.25, 0.3) is 0 Å². The van der Waals surface area contributed by atoms with E-state index in [-0.39, 0.29) is 0 Å². The summed E-state index contributed by atoms with van der Waals surface area (Å²) in [6, 6.07) is 10.5. The first-order valence-corrected chi connectivity index (χ1v) is 10.7. The van der Waals surface area contributed by atoms with Crippen molar-refractivity contribution in [3.8, 4) is 0 Å². The summed E-state index contributed by atoms with van der Waals surface area (Å²) in [5, 5.41) is 7.49. The molecule has 140 valence electrons. The molecular weight excluding hydrogens is 330 g/mol. The van der Waals surface area contributed by atoms with Gasteiger partial charge in [-0.1, -0.05) is 30.3 Å². The quantitative estimate of drug-likeness (QED) is 0.359. The van der Waals surface area contributed by atoms with Crippen LogP contribution >= 0.6 is 11.8 Å². The average molecular weight is 364 g/mol. The van der Waals surface area contributed by atoms with Crippen molar-refractivity contribution in [1.82, 2.24) is 10.6 Å². The second-order valence-electron chi connectivity index (χ2n) is 6.34. The number of unbranched alkanes of at least 4 members (excludes halogenated alkanes) is 1. The molecule has 0 bridgehead atoms. The fourth-order valence-electron chi connectivity index (χ4n) is 2.80. The molecular formula is C20H33N3OS. The zero-order chi connectivity index (χ0) is 17.6. The molecule has 0 radical (unpaired) electrons. The lowest BCUT2D eigenvalue weighted by atomic mass is 10.2. The first-order valence-electron chi connectivity index (χ1n) is 9.64. The van der Waals surface area contributed by atoms with Crippen LogP contribution in [0.4, 0.5) is 0 Å². The second-order valence-corrected chi connectivity index (χ2v) is 7.74. The molecule has 1 fully saturated rings. The van der Waals surface area contributed by atoms with Crippen molar-refractivity contribution >= 4 is 17.7 Å². The molecule has 0 aromatic heterocycles. The largest absolute Gasteiger partial charge is 0.381 e. The highest BCUT2D eigenvalue weighted by molar-refractivity contribution is 8.00. The highest BCUT2D eigenvalue weighted by Crippen LogP contribution is 2.25. The number of hydrogen-bond donors (Lipinski definition) is 2. The van der Waals surface area contributed by atoms with Gasteiger partial charge >= 0.3 is 0 Å². The van der Waals surface area contributed by atoms with Gasteiger partial charge in [-0.3, -0.25) is 4.99 Å². The lowest BCUT2D eigenvalue weighted by Crippen LogP contribution is -2.38. The Hall–Kier alpha value is -1.20. The van der Waals surface area contributed by atoms with E-state index in [1.807, 2.05) is 0 Å². The lowest BCUT2D eigenvalue weighted by molar-refractivity contribution is 0.133. The Balaban J connectivity index is 1.49. The molecule has 1 aromatic rings. The SMILES string of the molecule is CCNC(=NCC1CCCS1)NCCCCOCCc1ccccc1. The fourth-order valence-corrected chi connectivity index (χ4v) is 3.98. The molecule has 5 heteroatoms. The van der Waals surface area contributed by atoms with Gasteiger partial charge in [-0.05, 0) is 50.3 Å². The number of guanidine groups is 1. The van der Waals surface area contributed by atoms with Crippen LogP contribution in [0.1, 0.15) is 38.2 Å². The van der Waals surface area contributed by atoms with E-state index in [1.54, 1.807) is 0 Å².